The van der Waals surface area contributed by atoms with Crippen LogP contribution in [0, 0.1) is 0 Å². The summed E-state index contributed by atoms with van der Waals surface area (Å²) in [4.78, 5) is 38.2. The minimum absolute atomic E-state index is 0.105. The van der Waals surface area contributed by atoms with Gasteiger partial charge in [0.25, 0.3) is 0 Å². The molecule has 6 heteroatoms. The Morgan fingerprint density at radius 3 is 0.929 bits per heavy atom. The van der Waals surface area contributed by atoms with E-state index in [9.17, 15) is 14.4 Å². The van der Waals surface area contributed by atoms with Crippen LogP contribution in [0.1, 0.15) is 284 Å². The first-order chi connectivity index (χ1) is 34.5. The van der Waals surface area contributed by atoms with Gasteiger partial charge in [-0.3, -0.25) is 14.4 Å². The van der Waals surface area contributed by atoms with Crippen LogP contribution in [-0.2, 0) is 28.6 Å². The summed E-state index contributed by atoms with van der Waals surface area (Å²) in [5.41, 5.74) is 0. The van der Waals surface area contributed by atoms with Gasteiger partial charge in [0.05, 0.1) is 0 Å². The second kappa shape index (κ2) is 58.2. The van der Waals surface area contributed by atoms with Gasteiger partial charge in [-0.1, -0.05) is 260 Å². The van der Waals surface area contributed by atoms with Crippen LogP contribution in [0.15, 0.2) is 85.1 Å². The summed E-state index contributed by atoms with van der Waals surface area (Å²) in [6.07, 6.45) is 75.9. The van der Waals surface area contributed by atoms with Crippen LogP contribution in [0.2, 0.25) is 0 Å². The summed E-state index contributed by atoms with van der Waals surface area (Å²) >= 11 is 0. The fourth-order valence-electron chi connectivity index (χ4n) is 8.22. The third-order valence-corrected chi connectivity index (χ3v) is 12.6. The monoisotopic (exact) mass is 975 g/mol. The number of esters is 3. The summed E-state index contributed by atoms with van der Waals surface area (Å²) in [6.45, 7) is 6.47. The van der Waals surface area contributed by atoms with E-state index in [0.29, 0.717) is 19.3 Å². The van der Waals surface area contributed by atoms with Crippen LogP contribution in [-0.4, -0.2) is 37.2 Å². The topological polar surface area (TPSA) is 78.9 Å². The maximum absolute atomic E-state index is 12.8. The second-order valence-electron chi connectivity index (χ2n) is 19.5. The Bertz CT molecular complexity index is 1350. The van der Waals surface area contributed by atoms with E-state index in [1.54, 1.807) is 0 Å². The molecule has 402 valence electrons. The zero-order valence-electron chi connectivity index (χ0n) is 46.0. The van der Waals surface area contributed by atoms with Crippen molar-refractivity contribution in [3.8, 4) is 0 Å². The summed E-state index contributed by atoms with van der Waals surface area (Å²) in [6, 6.07) is 0. The molecule has 70 heavy (non-hydrogen) atoms. The van der Waals surface area contributed by atoms with E-state index in [0.717, 1.165) is 89.9 Å². The molecule has 0 aliphatic heterocycles. The zero-order chi connectivity index (χ0) is 50.7. The molecule has 0 aliphatic carbocycles. The van der Waals surface area contributed by atoms with Crippen molar-refractivity contribution in [2.75, 3.05) is 13.2 Å². The van der Waals surface area contributed by atoms with E-state index < -0.39 is 6.10 Å². The van der Waals surface area contributed by atoms with Gasteiger partial charge in [-0.15, -0.1) is 0 Å². The first-order valence-corrected chi connectivity index (χ1v) is 29.6. The number of ether oxygens (including phenoxy) is 3. The summed E-state index contributed by atoms with van der Waals surface area (Å²) in [7, 11) is 0. The Balaban J connectivity index is 4.47. The highest BCUT2D eigenvalue weighted by Crippen LogP contribution is 2.16. The molecule has 0 saturated heterocycles. The van der Waals surface area contributed by atoms with Crippen molar-refractivity contribution in [1.29, 1.82) is 0 Å². The molecular weight excluding hydrogens is 865 g/mol. The number of rotatable bonds is 53. The van der Waals surface area contributed by atoms with Gasteiger partial charge in [-0.2, -0.15) is 0 Å². The maximum Gasteiger partial charge on any atom is 0.306 e. The largest absolute Gasteiger partial charge is 0.462 e. The molecule has 0 bridgehead atoms. The van der Waals surface area contributed by atoms with Gasteiger partial charge in [0.2, 0.25) is 0 Å². The standard InChI is InChI=1S/C64H110O6/c1-4-7-10-13-16-19-22-25-28-31-32-34-36-39-42-45-48-51-54-57-63(66)69-60-61(59-68-62(65)56-53-50-47-44-41-38-35-30-27-24-21-18-15-12-9-6-3)70-64(67)58-55-52-49-46-43-40-37-33-29-26-23-20-17-14-11-8-5-2/h9,12,18,21,26-27,29-30,37-38,40-41,46,49,61H,4-8,10-11,13-17,19-20,22-25,28,31-36,39,42-45,47-48,50-60H2,1-3H3/b12-9-,21-18-,29-26-,30-27-,40-37-,41-38-,49-46-. The summed E-state index contributed by atoms with van der Waals surface area (Å²) in [5.74, 6) is -0.982. The minimum Gasteiger partial charge on any atom is -0.462 e. The predicted octanol–water partition coefficient (Wildman–Crippen LogP) is 19.9. The van der Waals surface area contributed by atoms with Gasteiger partial charge >= 0.3 is 17.9 Å². The Morgan fingerprint density at radius 1 is 0.300 bits per heavy atom. The van der Waals surface area contributed by atoms with E-state index in [1.165, 1.54) is 148 Å². The van der Waals surface area contributed by atoms with Crippen molar-refractivity contribution in [3.05, 3.63) is 85.1 Å². The molecule has 0 heterocycles. The molecule has 0 rings (SSSR count). The fraction of sp³-hybridized carbons (Fsp3) is 0.734. The molecule has 0 aromatic carbocycles. The van der Waals surface area contributed by atoms with Gasteiger partial charge in [0, 0.05) is 19.3 Å². The molecule has 0 spiro atoms. The maximum atomic E-state index is 12.8. The normalized spacial score (nSPS) is 12.7. The van der Waals surface area contributed by atoms with Crippen molar-refractivity contribution >= 4 is 17.9 Å². The highest BCUT2D eigenvalue weighted by Gasteiger charge is 2.19. The lowest BCUT2D eigenvalue weighted by atomic mass is 10.0. The number of carbonyl (C=O) groups is 3. The van der Waals surface area contributed by atoms with Crippen molar-refractivity contribution in [2.45, 2.75) is 290 Å². The molecule has 6 nitrogen and oxygen atoms in total. The summed E-state index contributed by atoms with van der Waals surface area (Å²) in [5, 5.41) is 0. The Morgan fingerprint density at radius 2 is 0.571 bits per heavy atom. The van der Waals surface area contributed by atoms with E-state index in [-0.39, 0.29) is 37.5 Å². The lowest BCUT2D eigenvalue weighted by Crippen LogP contribution is -2.30. The van der Waals surface area contributed by atoms with Crippen LogP contribution in [0.4, 0.5) is 0 Å². The lowest BCUT2D eigenvalue weighted by Gasteiger charge is -2.18. The first-order valence-electron chi connectivity index (χ1n) is 29.6. The third-order valence-electron chi connectivity index (χ3n) is 12.6. The molecule has 1 unspecified atom stereocenters. The second-order valence-corrected chi connectivity index (χ2v) is 19.5. The van der Waals surface area contributed by atoms with E-state index in [1.807, 2.05) is 0 Å². The molecule has 1 atom stereocenters. The number of allylic oxidation sites excluding steroid dienone is 14. The van der Waals surface area contributed by atoms with Crippen molar-refractivity contribution in [3.63, 3.8) is 0 Å². The van der Waals surface area contributed by atoms with Gasteiger partial charge in [0.15, 0.2) is 6.10 Å². The van der Waals surface area contributed by atoms with E-state index in [2.05, 4.69) is 106 Å². The van der Waals surface area contributed by atoms with Gasteiger partial charge in [-0.25, -0.2) is 0 Å². The van der Waals surface area contributed by atoms with Crippen molar-refractivity contribution in [1.82, 2.24) is 0 Å². The van der Waals surface area contributed by atoms with E-state index >= 15 is 0 Å². The molecular formula is C64H110O6. The third kappa shape index (κ3) is 55.5. The van der Waals surface area contributed by atoms with Crippen LogP contribution >= 0.6 is 0 Å². The zero-order valence-corrected chi connectivity index (χ0v) is 46.0. The average Bonchev–Trinajstić information content (AvgIpc) is 3.36. The smallest absolute Gasteiger partial charge is 0.306 e. The molecule has 0 aromatic rings. The van der Waals surface area contributed by atoms with Crippen LogP contribution in [0.5, 0.6) is 0 Å². The minimum atomic E-state index is -0.816. The molecule has 0 radical (unpaired) electrons. The number of hydrogen-bond acceptors (Lipinski definition) is 6. The molecule has 0 aromatic heterocycles. The van der Waals surface area contributed by atoms with Gasteiger partial charge in [-0.05, 0) is 89.9 Å². The Labute approximate surface area is 433 Å². The number of hydrogen-bond donors (Lipinski definition) is 0. The first kappa shape index (κ1) is 66.6. The quantitative estimate of drug-likeness (QED) is 0.0261. The Hall–Kier alpha value is -3.41. The van der Waals surface area contributed by atoms with Gasteiger partial charge in [0.1, 0.15) is 13.2 Å². The molecule has 0 aliphatic rings. The number of unbranched alkanes of at least 4 members (excludes halogenated alkanes) is 28. The van der Waals surface area contributed by atoms with Crippen LogP contribution in [0.3, 0.4) is 0 Å². The highest BCUT2D eigenvalue weighted by molar-refractivity contribution is 5.71. The SMILES string of the molecule is CC/C=C\C/C=C\C/C=C\C/C=C\CCCCCC(=O)OCC(COC(=O)CCCCCCCCCCCCCCCCCCCCC)OC(=O)CCC/C=C\C/C=C\C/C=C\CCCCCCCC. The highest BCUT2D eigenvalue weighted by atomic mass is 16.6. The number of carbonyl (C=O) groups excluding carboxylic acids is 3. The van der Waals surface area contributed by atoms with Crippen LogP contribution < -0.4 is 0 Å². The Kier molecular flexibility index (Phi) is 55.3. The predicted molar refractivity (Wildman–Crippen MR) is 302 cm³/mol. The van der Waals surface area contributed by atoms with Gasteiger partial charge < -0.3 is 14.2 Å². The average molecular weight is 976 g/mol. The van der Waals surface area contributed by atoms with Crippen LogP contribution in [0.25, 0.3) is 0 Å². The van der Waals surface area contributed by atoms with Crippen molar-refractivity contribution in [2.24, 2.45) is 0 Å². The van der Waals surface area contributed by atoms with E-state index in [4.69, 9.17) is 14.2 Å². The van der Waals surface area contributed by atoms with Crippen molar-refractivity contribution < 1.29 is 28.6 Å². The summed E-state index contributed by atoms with van der Waals surface area (Å²) < 4.78 is 16.8. The molecule has 0 amide bonds. The fourth-order valence-corrected chi connectivity index (χ4v) is 8.22. The lowest BCUT2D eigenvalue weighted by molar-refractivity contribution is -0.167. The molecule has 0 N–H and O–H groups in total. The molecule has 0 fully saturated rings. The molecule has 0 saturated carbocycles.